The lowest BCUT2D eigenvalue weighted by molar-refractivity contribution is -0.143. The average Bonchev–Trinajstić information content (AvgIpc) is 2.88. The summed E-state index contributed by atoms with van der Waals surface area (Å²) < 4.78 is 80.4. The maximum atomic E-state index is 13.4. The van der Waals surface area contributed by atoms with Crippen molar-refractivity contribution < 1.29 is 40.7 Å². The predicted octanol–water partition coefficient (Wildman–Crippen LogP) is 5.72. The van der Waals surface area contributed by atoms with Crippen LogP contribution >= 0.6 is 0 Å². The van der Waals surface area contributed by atoms with Crippen LogP contribution in [0.5, 0.6) is 0 Å². The van der Waals surface area contributed by atoms with Crippen LogP contribution in [-0.4, -0.2) is 41.2 Å². The number of halogens is 6. The van der Waals surface area contributed by atoms with E-state index in [1.165, 1.54) is 20.9 Å². The first-order valence-electron chi connectivity index (χ1n) is 12.5. The Bertz CT molecular complexity index is 1420. The molecule has 0 saturated carbocycles. The fraction of sp³-hybridized carbons (Fsp3) is 0.345. The lowest BCUT2D eigenvalue weighted by Gasteiger charge is -2.30. The first-order valence-corrected chi connectivity index (χ1v) is 12.5. The maximum absolute atomic E-state index is 13.4. The number of likely N-dealkylation sites (N-methyl/N-ethyl adjacent to an activating group) is 1. The standard InChI is InChI=1S/C29H29F6N3O3/c1-27(2,26(36)41)37-24(39)11-10-23(13-17-8-9-18-6-4-5-7-19(18)12-17)38(3)25(40)20-14-21(28(30,31)32)16-22(15-20)29(33,34)35/h4-9,12,14-16,23H,10-11,13H2,1-3H3,(H2,36,41)(H,37,39). The molecule has 0 bridgehead atoms. The van der Waals surface area contributed by atoms with Gasteiger partial charge in [0.05, 0.1) is 11.1 Å². The lowest BCUT2D eigenvalue weighted by Crippen LogP contribution is -2.53. The molecule has 0 spiro atoms. The number of hydrogen-bond donors (Lipinski definition) is 2. The van der Waals surface area contributed by atoms with Crippen LogP contribution in [0.3, 0.4) is 0 Å². The SMILES string of the molecule is CN(C(=O)c1cc(C(F)(F)F)cc(C(F)(F)F)c1)C(CCC(=O)NC(C)(C)C(N)=O)Cc1ccc2ccccc2c1. The Morgan fingerprint density at radius 3 is 1.95 bits per heavy atom. The van der Waals surface area contributed by atoms with E-state index in [-0.39, 0.29) is 25.3 Å². The quantitative estimate of drug-likeness (QED) is 0.317. The van der Waals surface area contributed by atoms with Crippen molar-refractivity contribution in [3.05, 3.63) is 82.9 Å². The predicted molar refractivity (Wildman–Crippen MR) is 141 cm³/mol. The molecule has 12 heteroatoms. The Morgan fingerprint density at radius 1 is 0.854 bits per heavy atom. The smallest absolute Gasteiger partial charge is 0.368 e. The van der Waals surface area contributed by atoms with Gasteiger partial charge in [0, 0.05) is 25.1 Å². The molecule has 3 aromatic carbocycles. The summed E-state index contributed by atoms with van der Waals surface area (Å²) in [5, 5.41) is 4.30. The van der Waals surface area contributed by atoms with E-state index in [9.17, 15) is 40.7 Å². The maximum Gasteiger partial charge on any atom is 0.416 e. The Hall–Kier alpha value is -4.09. The lowest BCUT2D eigenvalue weighted by atomic mass is 9.96. The third-order valence-electron chi connectivity index (χ3n) is 6.76. The summed E-state index contributed by atoms with van der Waals surface area (Å²) in [5.41, 5.74) is 0.649. The van der Waals surface area contributed by atoms with Crippen molar-refractivity contribution >= 4 is 28.5 Å². The topological polar surface area (TPSA) is 92.5 Å². The van der Waals surface area contributed by atoms with Crippen LogP contribution in [0.4, 0.5) is 26.3 Å². The number of hydrogen-bond acceptors (Lipinski definition) is 3. The van der Waals surface area contributed by atoms with E-state index in [0.29, 0.717) is 12.1 Å². The van der Waals surface area contributed by atoms with E-state index in [2.05, 4.69) is 5.32 Å². The molecule has 0 heterocycles. The molecule has 6 nitrogen and oxygen atoms in total. The van der Waals surface area contributed by atoms with Crippen molar-refractivity contribution in [1.29, 1.82) is 0 Å². The molecule has 41 heavy (non-hydrogen) atoms. The van der Waals surface area contributed by atoms with Crippen molar-refractivity contribution in [2.75, 3.05) is 7.05 Å². The highest BCUT2D eigenvalue weighted by atomic mass is 19.4. The number of rotatable bonds is 9. The zero-order valence-corrected chi connectivity index (χ0v) is 22.5. The zero-order valence-electron chi connectivity index (χ0n) is 22.5. The molecule has 0 radical (unpaired) electrons. The Kier molecular flexibility index (Phi) is 9.04. The van der Waals surface area contributed by atoms with Crippen LogP contribution < -0.4 is 11.1 Å². The molecule has 3 aromatic rings. The van der Waals surface area contributed by atoms with Gasteiger partial charge in [0.2, 0.25) is 11.8 Å². The van der Waals surface area contributed by atoms with E-state index < -0.39 is 58.3 Å². The fourth-order valence-electron chi connectivity index (χ4n) is 4.29. The van der Waals surface area contributed by atoms with Gasteiger partial charge in [-0.05, 0) is 61.2 Å². The van der Waals surface area contributed by atoms with Crippen LogP contribution in [0.15, 0.2) is 60.7 Å². The van der Waals surface area contributed by atoms with Crippen LogP contribution in [-0.2, 0) is 28.4 Å². The normalized spacial score (nSPS) is 13.1. The Morgan fingerprint density at radius 2 is 1.41 bits per heavy atom. The first-order chi connectivity index (χ1) is 18.9. The van der Waals surface area contributed by atoms with Gasteiger partial charge in [-0.2, -0.15) is 26.3 Å². The molecule has 3 N–H and O–H groups in total. The number of primary amides is 1. The highest BCUT2D eigenvalue weighted by Crippen LogP contribution is 2.36. The molecule has 220 valence electrons. The van der Waals surface area contributed by atoms with Gasteiger partial charge in [0.1, 0.15) is 5.54 Å². The summed E-state index contributed by atoms with van der Waals surface area (Å²) in [5.74, 6) is -2.43. The van der Waals surface area contributed by atoms with Crippen LogP contribution in [0.1, 0.15) is 53.7 Å². The number of benzene rings is 3. The molecule has 1 atom stereocenters. The van der Waals surface area contributed by atoms with Crippen LogP contribution in [0.2, 0.25) is 0 Å². The number of carbonyl (C=O) groups is 3. The van der Waals surface area contributed by atoms with Crippen molar-refractivity contribution in [2.24, 2.45) is 5.73 Å². The molecule has 0 saturated heterocycles. The number of alkyl halides is 6. The van der Waals surface area contributed by atoms with Gasteiger partial charge < -0.3 is 16.0 Å². The zero-order chi connectivity index (χ0) is 30.8. The summed E-state index contributed by atoms with van der Waals surface area (Å²) in [6.45, 7) is 2.81. The summed E-state index contributed by atoms with van der Waals surface area (Å²) in [6, 6.07) is 12.8. The Balaban J connectivity index is 1.95. The van der Waals surface area contributed by atoms with Crippen molar-refractivity contribution in [3.63, 3.8) is 0 Å². The van der Waals surface area contributed by atoms with Gasteiger partial charge in [-0.15, -0.1) is 0 Å². The summed E-state index contributed by atoms with van der Waals surface area (Å²) >= 11 is 0. The van der Waals surface area contributed by atoms with Gasteiger partial charge in [0.25, 0.3) is 5.91 Å². The van der Waals surface area contributed by atoms with Gasteiger partial charge >= 0.3 is 12.4 Å². The minimum absolute atomic E-state index is 0.0131. The van der Waals surface area contributed by atoms with Crippen LogP contribution in [0, 0.1) is 0 Å². The van der Waals surface area contributed by atoms with Gasteiger partial charge in [-0.3, -0.25) is 14.4 Å². The highest BCUT2D eigenvalue weighted by Gasteiger charge is 2.38. The Labute approximate surface area is 232 Å². The molecule has 3 rings (SSSR count). The van der Waals surface area contributed by atoms with E-state index in [4.69, 9.17) is 5.73 Å². The molecular weight excluding hydrogens is 552 g/mol. The van der Waals surface area contributed by atoms with Crippen molar-refractivity contribution in [2.45, 2.75) is 57.0 Å². The van der Waals surface area contributed by atoms with Gasteiger partial charge in [-0.25, -0.2) is 0 Å². The summed E-state index contributed by atoms with van der Waals surface area (Å²) in [4.78, 5) is 38.6. The summed E-state index contributed by atoms with van der Waals surface area (Å²) in [6.07, 6.45) is -10.3. The molecular formula is C29H29F6N3O3. The summed E-state index contributed by atoms with van der Waals surface area (Å²) in [7, 11) is 1.26. The minimum Gasteiger partial charge on any atom is -0.368 e. The number of nitrogens with one attached hydrogen (secondary N) is 1. The van der Waals surface area contributed by atoms with E-state index in [0.717, 1.165) is 21.2 Å². The molecule has 0 fully saturated rings. The molecule has 0 aliphatic rings. The number of fused-ring (bicyclic) bond motifs is 1. The second-order valence-electron chi connectivity index (χ2n) is 10.3. The largest absolute Gasteiger partial charge is 0.416 e. The second kappa shape index (κ2) is 11.8. The second-order valence-corrected chi connectivity index (χ2v) is 10.3. The number of nitrogens with zero attached hydrogens (tertiary/aromatic N) is 1. The number of nitrogens with two attached hydrogens (primary N) is 1. The average molecular weight is 582 g/mol. The fourth-order valence-corrected chi connectivity index (χ4v) is 4.29. The van der Waals surface area contributed by atoms with E-state index in [1.807, 2.05) is 36.4 Å². The number of carbonyl (C=O) groups excluding carboxylic acids is 3. The molecule has 0 aliphatic heterocycles. The molecule has 0 aromatic heterocycles. The van der Waals surface area contributed by atoms with Crippen molar-refractivity contribution in [1.82, 2.24) is 10.2 Å². The monoisotopic (exact) mass is 581 g/mol. The van der Waals surface area contributed by atoms with Crippen LogP contribution in [0.25, 0.3) is 10.8 Å². The minimum atomic E-state index is -5.12. The van der Waals surface area contributed by atoms with Gasteiger partial charge in [0.15, 0.2) is 0 Å². The van der Waals surface area contributed by atoms with E-state index >= 15 is 0 Å². The number of amides is 3. The third-order valence-corrected chi connectivity index (χ3v) is 6.76. The molecule has 0 aliphatic carbocycles. The first kappa shape index (κ1) is 31.4. The van der Waals surface area contributed by atoms with Crippen molar-refractivity contribution in [3.8, 4) is 0 Å². The third kappa shape index (κ3) is 7.99. The highest BCUT2D eigenvalue weighted by molar-refractivity contribution is 5.95. The molecule has 3 amide bonds. The van der Waals surface area contributed by atoms with E-state index in [1.54, 1.807) is 6.07 Å². The van der Waals surface area contributed by atoms with Gasteiger partial charge in [-0.1, -0.05) is 42.5 Å². The molecule has 1 unspecified atom stereocenters.